The van der Waals surface area contributed by atoms with Crippen molar-refractivity contribution in [2.45, 2.75) is 12.8 Å². The van der Waals surface area contributed by atoms with Gasteiger partial charge in [-0.3, -0.25) is 4.79 Å². The summed E-state index contributed by atoms with van der Waals surface area (Å²) in [7, 11) is 0. The molecule has 0 aromatic heterocycles. The normalized spacial score (nSPS) is 11.5. The van der Waals surface area contributed by atoms with Gasteiger partial charge in [-0.1, -0.05) is 54.1 Å². The summed E-state index contributed by atoms with van der Waals surface area (Å²) in [6.45, 7) is 0.432. The van der Waals surface area contributed by atoms with Crippen molar-refractivity contribution < 1.29 is 22.7 Å². The van der Waals surface area contributed by atoms with Gasteiger partial charge >= 0.3 is 6.18 Å². The van der Waals surface area contributed by atoms with E-state index in [1.807, 2.05) is 30.3 Å². The molecule has 3 nitrogen and oxygen atoms in total. The summed E-state index contributed by atoms with van der Waals surface area (Å²) in [6.07, 6.45) is -1.97. The third-order valence-electron chi connectivity index (χ3n) is 4.10. The van der Waals surface area contributed by atoms with Gasteiger partial charge in [0.05, 0.1) is 11.3 Å². The lowest BCUT2D eigenvalue weighted by atomic mass is 10.1. The van der Waals surface area contributed by atoms with Gasteiger partial charge in [-0.2, -0.15) is 13.2 Å². The lowest BCUT2D eigenvalue weighted by Gasteiger charge is -2.13. The van der Waals surface area contributed by atoms with Crippen LogP contribution in [-0.2, 0) is 17.6 Å². The SMILES string of the molecule is O=C(/C=C/c1ccc(OCc2ccccc2)cc1)Nc1ccc(Cl)cc1C(F)(F)F. The Balaban J connectivity index is 1.60. The van der Waals surface area contributed by atoms with Gasteiger partial charge in [-0.25, -0.2) is 0 Å². The van der Waals surface area contributed by atoms with Crippen LogP contribution in [0.25, 0.3) is 6.08 Å². The van der Waals surface area contributed by atoms with E-state index < -0.39 is 17.6 Å². The minimum absolute atomic E-state index is 0.0644. The van der Waals surface area contributed by atoms with Crippen molar-refractivity contribution in [3.8, 4) is 5.75 Å². The lowest BCUT2D eigenvalue weighted by Crippen LogP contribution is -2.14. The molecule has 0 aliphatic rings. The van der Waals surface area contributed by atoms with Gasteiger partial charge in [0.25, 0.3) is 0 Å². The standard InChI is InChI=1S/C23H17ClF3NO2/c24-18-9-12-21(20(14-18)23(25,26)27)28-22(29)13-8-16-6-10-19(11-7-16)30-15-17-4-2-1-3-5-17/h1-14H,15H2,(H,28,29)/b13-8+. The molecule has 1 N–H and O–H groups in total. The number of carbonyl (C=O) groups excluding carboxylic acids is 1. The zero-order valence-corrected chi connectivity index (χ0v) is 16.4. The molecular weight excluding hydrogens is 415 g/mol. The van der Waals surface area contributed by atoms with Crippen LogP contribution in [0.3, 0.4) is 0 Å². The molecule has 3 rings (SSSR count). The first-order chi connectivity index (χ1) is 14.3. The van der Waals surface area contributed by atoms with E-state index in [-0.39, 0.29) is 10.7 Å². The third-order valence-corrected chi connectivity index (χ3v) is 4.34. The van der Waals surface area contributed by atoms with Gasteiger partial charge in [0.15, 0.2) is 0 Å². The fourth-order valence-electron chi connectivity index (χ4n) is 2.62. The molecular formula is C23H17ClF3NO2. The molecule has 0 atom stereocenters. The van der Waals surface area contributed by atoms with Crippen LogP contribution in [0.15, 0.2) is 78.9 Å². The summed E-state index contributed by atoms with van der Waals surface area (Å²) in [5.41, 5.74) is 0.380. The smallest absolute Gasteiger partial charge is 0.418 e. The Morgan fingerprint density at radius 3 is 2.37 bits per heavy atom. The maximum atomic E-state index is 13.1. The van der Waals surface area contributed by atoms with E-state index >= 15 is 0 Å². The van der Waals surface area contributed by atoms with Crippen LogP contribution in [0.5, 0.6) is 5.75 Å². The molecule has 0 bridgehead atoms. The number of alkyl halides is 3. The largest absolute Gasteiger partial charge is 0.489 e. The van der Waals surface area contributed by atoms with Crippen LogP contribution in [0, 0.1) is 0 Å². The Hall–Kier alpha value is -3.25. The van der Waals surface area contributed by atoms with Gasteiger partial charge in [0, 0.05) is 11.1 Å². The number of ether oxygens (including phenoxy) is 1. The fourth-order valence-corrected chi connectivity index (χ4v) is 2.79. The maximum Gasteiger partial charge on any atom is 0.418 e. The summed E-state index contributed by atoms with van der Waals surface area (Å²) < 4.78 is 45.0. The molecule has 1 amide bonds. The number of rotatable bonds is 6. The van der Waals surface area contributed by atoms with Crippen LogP contribution >= 0.6 is 11.6 Å². The second-order valence-corrected chi connectivity index (χ2v) is 6.79. The second kappa shape index (κ2) is 9.50. The third kappa shape index (κ3) is 6.12. The van der Waals surface area contributed by atoms with Gasteiger partial charge in [-0.15, -0.1) is 0 Å². The van der Waals surface area contributed by atoms with Gasteiger partial charge in [-0.05, 0) is 47.5 Å². The molecule has 154 valence electrons. The highest BCUT2D eigenvalue weighted by Crippen LogP contribution is 2.36. The van der Waals surface area contributed by atoms with Gasteiger partial charge in [0.1, 0.15) is 12.4 Å². The first-order valence-corrected chi connectivity index (χ1v) is 9.32. The number of halogens is 4. The highest BCUT2D eigenvalue weighted by molar-refractivity contribution is 6.30. The lowest BCUT2D eigenvalue weighted by molar-refractivity contribution is -0.136. The van der Waals surface area contributed by atoms with E-state index in [1.165, 1.54) is 12.1 Å². The summed E-state index contributed by atoms with van der Waals surface area (Å²) in [6, 6.07) is 19.9. The highest BCUT2D eigenvalue weighted by Gasteiger charge is 2.34. The van der Waals surface area contributed by atoms with Crippen LogP contribution in [0.4, 0.5) is 18.9 Å². The Morgan fingerprint density at radius 1 is 1.00 bits per heavy atom. The zero-order chi connectivity index (χ0) is 21.6. The van der Waals surface area contributed by atoms with Crippen molar-refractivity contribution in [3.05, 3.63) is 101 Å². The number of nitrogens with one attached hydrogen (secondary N) is 1. The van der Waals surface area contributed by atoms with Gasteiger partial charge < -0.3 is 10.1 Å². The van der Waals surface area contributed by atoms with Crippen LogP contribution in [0.1, 0.15) is 16.7 Å². The molecule has 3 aromatic carbocycles. The molecule has 0 heterocycles. The molecule has 0 fully saturated rings. The summed E-state index contributed by atoms with van der Waals surface area (Å²) in [5, 5.41) is 2.17. The van der Waals surface area contributed by atoms with E-state index in [0.717, 1.165) is 23.8 Å². The minimum atomic E-state index is -4.63. The summed E-state index contributed by atoms with van der Waals surface area (Å²) in [5.74, 6) is -0.0244. The number of benzene rings is 3. The zero-order valence-electron chi connectivity index (χ0n) is 15.6. The predicted octanol–water partition coefficient (Wildman–Crippen LogP) is 6.59. The van der Waals surface area contributed by atoms with Crippen LogP contribution in [-0.4, -0.2) is 5.91 Å². The first kappa shape index (κ1) is 21.5. The summed E-state index contributed by atoms with van der Waals surface area (Å²) in [4.78, 5) is 12.1. The molecule has 3 aromatic rings. The molecule has 30 heavy (non-hydrogen) atoms. The van der Waals surface area contributed by atoms with Crippen molar-refractivity contribution in [1.82, 2.24) is 0 Å². The Labute approximate surface area is 176 Å². The molecule has 0 saturated heterocycles. The van der Waals surface area contributed by atoms with Crippen molar-refractivity contribution in [2.24, 2.45) is 0 Å². The first-order valence-electron chi connectivity index (χ1n) is 8.94. The average Bonchev–Trinajstić information content (AvgIpc) is 2.73. The monoisotopic (exact) mass is 431 g/mol. The van der Waals surface area contributed by atoms with Crippen molar-refractivity contribution in [1.29, 1.82) is 0 Å². The number of anilines is 1. The highest BCUT2D eigenvalue weighted by atomic mass is 35.5. The molecule has 7 heteroatoms. The Kier molecular flexibility index (Phi) is 6.79. The van der Waals surface area contributed by atoms with E-state index in [0.29, 0.717) is 17.9 Å². The topological polar surface area (TPSA) is 38.3 Å². The molecule has 0 spiro atoms. The Morgan fingerprint density at radius 2 is 1.70 bits per heavy atom. The predicted molar refractivity (Wildman–Crippen MR) is 111 cm³/mol. The quantitative estimate of drug-likeness (QED) is 0.447. The fraction of sp³-hybridized carbons (Fsp3) is 0.0870. The van der Waals surface area contributed by atoms with E-state index in [2.05, 4.69) is 5.32 Å². The molecule has 0 aliphatic heterocycles. The number of amides is 1. The van der Waals surface area contributed by atoms with E-state index in [1.54, 1.807) is 24.3 Å². The average molecular weight is 432 g/mol. The minimum Gasteiger partial charge on any atom is -0.489 e. The molecule has 0 aliphatic carbocycles. The number of hydrogen-bond donors (Lipinski definition) is 1. The van der Waals surface area contributed by atoms with Crippen LogP contribution < -0.4 is 10.1 Å². The maximum absolute atomic E-state index is 13.1. The van der Waals surface area contributed by atoms with E-state index in [9.17, 15) is 18.0 Å². The van der Waals surface area contributed by atoms with Crippen molar-refractivity contribution in [2.75, 3.05) is 5.32 Å². The molecule has 0 unspecified atom stereocenters. The molecule has 0 saturated carbocycles. The van der Waals surface area contributed by atoms with E-state index in [4.69, 9.17) is 16.3 Å². The second-order valence-electron chi connectivity index (χ2n) is 6.35. The van der Waals surface area contributed by atoms with Crippen LogP contribution in [0.2, 0.25) is 5.02 Å². The molecule has 0 radical (unpaired) electrons. The van der Waals surface area contributed by atoms with Crippen molar-refractivity contribution >= 4 is 29.3 Å². The van der Waals surface area contributed by atoms with Gasteiger partial charge in [0.2, 0.25) is 5.91 Å². The Bertz CT molecular complexity index is 1030. The number of hydrogen-bond acceptors (Lipinski definition) is 2. The number of carbonyl (C=O) groups is 1. The summed E-state index contributed by atoms with van der Waals surface area (Å²) >= 11 is 5.63. The van der Waals surface area contributed by atoms with Crippen molar-refractivity contribution in [3.63, 3.8) is 0 Å².